The van der Waals surface area contributed by atoms with E-state index in [4.69, 9.17) is 20.4 Å². The molecule has 1 unspecified atom stereocenters. The lowest BCUT2D eigenvalue weighted by Gasteiger charge is -2.20. The second-order valence-corrected chi connectivity index (χ2v) is 4.79. The van der Waals surface area contributed by atoms with Crippen LogP contribution in [0.5, 0.6) is 11.5 Å². The molecule has 7 heteroatoms. The van der Waals surface area contributed by atoms with Crippen molar-refractivity contribution in [2.75, 3.05) is 6.79 Å². The van der Waals surface area contributed by atoms with E-state index in [0.29, 0.717) is 17.1 Å². The number of nitrogens with one attached hydrogen (secondary N) is 1. The maximum atomic E-state index is 12.2. The van der Waals surface area contributed by atoms with Gasteiger partial charge < -0.3 is 25.7 Å². The van der Waals surface area contributed by atoms with Gasteiger partial charge in [0.25, 0.3) is 5.91 Å². The number of nitrogens with two attached hydrogens (primary N) is 1. The molecule has 0 aromatic heterocycles. The van der Waals surface area contributed by atoms with Gasteiger partial charge in [-0.1, -0.05) is 19.0 Å². The first kappa shape index (κ1) is 14.0. The lowest BCUT2D eigenvalue weighted by Crippen LogP contribution is -2.47. The SMILES string of the molecule is CC(C)C(NC(=O)c1ccc2c(c1)OCO2)C(N)=NO. The van der Waals surface area contributed by atoms with Crippen molar-refractivity contribution in [1.29, 1.82) is 0 Å². The molecule has 0 aliphatic carbocycles. The fourth-order valence-corrected chi connectivity index (χ4v) is 1.91. The fourth-order valence-electron chi connectivity index (χ4n) is 1.91. The number of benzene rings is 1. The highest BCUT2D eigenvalue weighted by atomic mass is 16.7. The van der Waals surface area contributed by atoms with Crippen LogP contribution in [0.2, 0.25) is 0 Å². The fraction of sp³-hybridized carbons (Fsp3) is 0.385. The van der Waals surface area contributed by atoms with Gasteiger partial charge in [-0.05, 0) is 24.1 Å². The molecule has 0 bridgehead atoms. The first-order valence-corrected chi connectivity index (χ1v) is 6.21. The summed E-state index contributed by atoms with van der Waals surface area (Å²) < 4.78 is 10.4. The number of oxime groups is 1. The smallest absolute Gasteiger partial charge is 0.252 e. The van der Waals surface area contributed by atoms with Gasteiger partial charge in [-0.15, -0.1) is 0 Å². The largest absolute Gasteiger partial charge is 0.454 e. The standard InChI is InChI=1S/C13H17N3O4/c1-7(2)11(12(14)16-18)15-13(17)8-3-4-9-10(5-8)20-6-19-9/h3-5,7,11,18H,6H2,1-2H3,(H2,14,16)(H,15,17). The molecule has 2 rings (SSSR count). The van der Waals surface area contributed by atoms with E-state index in [9.17, 15) is 4.79 Å². The van der Waals surface area contributed by atoms with Crippen LogP contribution < -0.4 is 20.5 Å². The Morgan fingerprint density at radius 3 is 2.75 bits per heavy atom. The van der Waals surface area contributed by atoms with E-state index in [1.54, 1.807) is 18.2 Å². The summed E-state index contributed by atoms with van der Waals surface area (Å²) in [6, 6.07) is 4.36. The first-order chi connectivity index (χ1) is 9.52. The number of carbonyl (C=O) groups is 1. The molecule has 4 N–H and O–H groups in total. The predicted molar refractivity (Wildman–Crippen MR) is 72.1 cm³/mol. The van der Waals surface area contributed by atoms with Crippen LogP contribution >= 0.6 is 0 Å². The van der Waals surface area contributed by atoms with Gasteiger partial charge in [-0.25, -0.2) is 0 Å². The zero-order chi connectivity index (χ0) is 14.7. The molecule has 1 amide bonds. The zero-order valence-electron chi connectivity index (χ0n) is 11.3. The quantitative estimate of drug-likeness (QED) is 0.329. The summed E-state index contributed by atoms with van der Waals surface area (Å²) >= 11 is 0. The molecule has 0 saturated heterocycles. The van der Waals surface area contributed by atoms with Crippen molar-refractivity contribution in [2.45, 2.75) is 19.9 Å². The van der Waals surface area contributed by atoms with E-state index >= 15 is 0 Å². The second kappa shape index (κ2) is 5.68. The van der Waals surface area contributed by atoms with Crippen LogP contribution in [0.15, 0.2) is 23.4 Å². The molecule has 0 fully saturated rings. The molecule has 1 heterocycles. The molecule has 7 nitrogen and oxygen atoms in total. The Morgan fingerprint density at radius 1 is 1.40 bits per heavy atom. The van der Waals surface area contributed by atoms with Gasteiger partial charge in [0.2, 0.25) is 6.79 Å². The summed E-state index contributed by atoms with van der Waals surface area (Å²) in [4.78, 5) is 12.2. The Kier molecular flexibility index (Phi) is 3.97. The molecule has 1 aliphatic rings. The van der Waals surface area contributed by atoms with E-state index in [-0.39, 0.29) is 24.5 Å². The third kappa shape index (κ3) is 2.76. The molecule has 1 aromatic rings. The zero-order valence-corrected chi connectivity index (χ0v) is 11.3. The molecule has 108 valence electrons. The summed E-state index contributed by atoms with van der Waals surface area (Å²) in [5.41, 5.74) is 6.00. The number of ether oxygens (including phenoxy) is 2. The number of rotatable bonds is 4. The average molecular weight is 279 g/mol. The molecule has 0 radical (unpaired) electrons. The molecule has 1 atom stereocenters. The van der Waals surface area contributed by atoms with E-state index in [1.165, 1.54) is 0 Å². The number of fused-ring (bicyclic) bond motifs is 1. The summed E-state index contributed by atoms with van der Waals surface area (Å²) in [7, 11) is 0. The van der Waals surface area contributed by atoms with E-state index in [0.717, 1.165) is 0 Å². The summed E-state index contributed by atoms with van der Waals surface area (Å²) in [5.74, 6) is 0.771. The van der Waals surface area contributed by atoms with Crippen molar-refractivity contribution >= 4 is 11.7 Å². The van der Waals surface area contributed by atoms with Gasteiger partial charge >= 0.3 is 0 Å². The van der Waals surface area contributed by atoms with Crippen molar-refractivity contribution in [3.8, 4) is 11.5 Å². The van der Waals surface area contributed by atoms with Crippen molar-refractivity contribution < 1.29 is 19.5 Å². The maximum absolute atomic E-state index is 12.2. The highest BCUT2D eigenvalue weighted by Gasteiger charge is 2.23. The lowest BCUT2D eigenvalue weighted by molar-refractivity contribution is 0.0938. The second-order valence-electron chi connectivity index (χ2n) is 4.79. The lowest BCUT2D eigenvalue weighted by atomic mass is 10.0. The topological polar surface area (TPSA) is 106 Å². The van der Waals surface area contributed by atoms with Crippen LogP contribution in [0.4, 0.5) is 0 Å². The molecule has 0 saturated carbocycles. The van der Waals surface area contributed by atoms with Gasteiger partial charge in [0, 0.05) is 5.56 Å². The van der Waals surface area contributed by atoms with E-state index in [1.807, 2.05) is 13.8 Å². The normalized spacial score (nSPS) is 15.2. The number of nitrogens with zero attached hydrogens (tertiary/aromatic N) is 1. The molecular weight excluding hydrogens is 262 g/mol. The van der Waals surface area contributed by atoms with Crippen LogP contribution in [0.3, 0.4) is 0 Å². The van der Waals surface area contributed by atoms with Crippen molar-refractivity contribution in [3.63, 3.8) is 0 Å². The maximum Gasteiger partial charge on any atom is 0.252 e. The Morgan fingerprint density at radius 2 is 2.10 bits per heavy atom. The van der Waals surface area contributed by atoms with E-state index < -0.39 is 6.04 Å². The molecule has 1 aliphatic heterocycles. The Labute approximate surface area is 116 Å². The molecular formula is C13H17N3O4. The predicted octanol–water partition coefficient (Wildman–Crippen LogP) is 0.916. The monoisotopic (exact) mass is 279 g/mol. The number of amidine groups is 1. The number of hydrogen-bond donors (Lipinski definition) is 3. The molecule has 0 spiro atoms. The van der Waals surface area contributed by atoms with Gasteiger partial charge in [0.1, 0.15) is 0 Å². The Hall–Kier alpha value is -2.44. The number of amides is 1. The molecule has 1 aromatic carbocycles. The number of hydrogen-bond acceptors (Lipinski definition) is 5. The minimum absolute atomic E-state index is 0.0103. The van der Waals surface area contributed by atoms with Crippen molar-refractivity contribution in [1.82, 2.24) is 5.32 Å². The molecule has 20 heavy (non-hydrogen) atoms. The van der Waals surface area contributed by atoms with Gasteiger partial charge in [0.05, 0.1) is 6.04 Å². The van der Waals surface area contributed by atoms with Crippen LogP contribution in [-0.2, 0) is 0 Å². The van der Waals surface area contributed by atoms with Crippen LogP contribution in [0.1, 0.15) is 24.2 Å². The van der Waals surface area contributed by atoms with Crippen LogP contribution in [0, 0.1) is 5.92 Å². The van der Waals surface area contributed by atoms with E-state index in [2.05, 4.69) is 10.5 Å². The minimum Gasteiger partial charge on any atom is -0.454 e. The minimum atomic E-state index is -0.544. The summed E-state index contributed by atoms with van der Waals surface area (Å²) in [6.45, 7) is 3.88. The Balaban J connectivity index is 2.15. The third-order valence-electron chi connectivity index (χ3n) is 3.02. The summed E-state index contributed by atoms with van der Waals surface area (Å²) in [5, 5.41) is 14.4. The highest BCUT2D eigenvalue weighted by molar-refractivity contribution is 5.98. The van der Waals surface area contributed by atoms with Gasteiger partial charge in [0.15, 0.2) is 17.3 Å². The van der Waals surface area contributed by atoms with Crippen LogP contribution in [0.25, 0.3) is 0 Å². The van der Waals surface area contributed by atoms with Gasteiger partial charge in [-0.3, -0.25) is 4.79 Å². The summed E-state index contributed by atoms with van der Waals surface area (Å²) in [6.07, 6.45) is 0. The van der Waals surface area contributed by atoms with Crippen molar-refractivity contribution in [3.05, 3.63) is 23.8 Å². The average Bonchev–Trinajstić information content (AvgIpc) is 2.90. The first-order valence-electron chi connectivity index (χ1n) is 6.21. The third-order valence-corrected chi connectivity index (χ3v) is 3.02. The van der Waals surface area contributed by atoms with Crippen LogP contribution in [-0.4, -0.2) is 29.8 Å². The van der Waals surface area contributed by atoms with Gasteiger partial charge in [-0.2, -0.15) is 0 Å². The Bertz CT molecular complexity index is 542. The number of carbonyl (C=O) groups excluding carboxylic acids is 1. The highest BCUT2D eigenvalue weighted by Crippen LogP contribution is 2.32. The van der Waals surface area contributed by atoms with Crippen molar-refractivity contribution in [2.24, 2.45) is 16.8 Å².